The molecule has 0 aliphatic rings. The van der Waals surface area contributed by atoms with Gasteiger partial charge in [-0.2, -0.15) is 5.10 Å². The van der Waals surface area contributed by atoms with Gasteiger partial charge in [0, 0.05) is 29.8 Å². The second kappa shape index (κ2) is 5.02. The quantitative estimate of drug-likeness (QED) is 0.943. The van der Waals surface area contributed by atoms with Crippen LogP contribution in [0.4, 0.5) is 0 Å². The molecular formula is C13H16BrN3. The first kappa shape index (κ1) is 12.3. The van der Waals surface area contributed by atoms with Crippen LogP contribution in [-0.2, 0) is 13.6 Å². The minimum Gasteiger partial charge on any atom is -0.314 e. The molecule has 1 N–H and O–H groups in total. The molecule has 0 aliphatic heterocycles. The zero-order valence-corrected chi connectivity index (χ0v) is 11.9. The normalized spacial score (nSPS) is 10.8. The maximum atomic E-state index is 4.49. The molecule has 90 valence electrons. The number of benzene rings is 1. The summed E-state index contributed by atoms with van der Waals surface area (Å²) in [5, 5.41) is 7.64. The molecule has 4 heteroatoms. The van der Waals surface area contributed by atoms with Crippen molar-refractivity contribution in [2.75, 3.05) is 7.05 Å². The van der Waals surface area contributed by atoms with Crippen molar-refractivity contribution in [3.63, 3.8) is 0 Å². The predicted molar refractivity (Wildman–Crippen MR) is 73.8 cm³/mol. The number of nitrogens with one attached hydrogen (secondary N) is 1. The zero-order chi connectivity index (χ0) is 12.4. The summed E-state index contributed by atoms with van der Waals surface area (Å²) >= 11 is 3.52. The number of aromatic nitrogens is 2. The SMILES string of the molecule is CNCc1nn(C)cc1-c1cc(Br)ccc1C. The van der Waals surface area contributed by atoms with Crippen molar-refractivity contribution in [2.45, 2.75) is 13.5 Å². The second-order valence-corrected chi connectivity index (χ2v) is 5.07. The Labute approximate surface area is 110 Å². The Balaban J connectivity index is 2.55. The van der Waals surface area contributed by atoms with Crippen molar-refractivity contribution >= 4 is 15.9 Å². The van der Waals surface area contributed by atoms with E-state index >= 15 is 0 Å². The minimum absolute atomic E-state index is 0.780. The van der Waals surface area contributed by atoms with Gasteiger partial charge in [0.25, 0.3) is 0 Å². The van der Waals surface area contributed by atoms with Crippen molar-refractivity contribution < 1.29 is 0 Å². The lowest BCUT2D eigenvalue weighted by Crippen LogP contribution is -2.07. The van der Waals surface area contributed by atoms with E-state index in [0.717, 1.165) is 16.7 Å². The van der Waals surface area contributed by atoms with Gasteiger partial charge in [-0.15, -0.1) is 0 Å². The van der Waals surface area contributed by atoms with Gasteiger partial charge in [-0.05, 0) is 37.2 Å². The molecular weight excluding hydrogens is 278 g/mol. The van der Waals surface area contributed by atoms with E-state index in [1.165, 1.54) is 16.7 Å². The molecule has 0 atom stereocenters. The monoisotopic (exact) mass is 293 g/mol. The second-order valence-electron chi connectivity index (χ2n) is 4.15. The first-order chi connectivity index (χ1) is 8.11. The number of aryl methyl sites for hydroxylation is 2. The van der Waals surface area contributed by atoms with Gasteiger partial charge < -0.3 is 5.32 Å². The fraction of sp³-hybridized carbons (Fsp3) is 0.308. The van der Waals surface area contributed by atoms with Crippen LogP contribution in [0.3, 0.4) is 0 Å². The summed E-state index contributed by atoms with van der Waals surface area (Å²) in [7, 11) is 3.89. The van der Waals surface area contributed by atoms with Gasteiger partial charge >= 0.3 is 0 Å². The van der Waals surface area contributed by atoms with Crippen LogP contribution in [0.25, 0.3) is 11.1 Å². The Morgan fingerprint density at radius 1 is 1.35 bits per heavy atom. The van der Waals surface area contributed by atoms with E-state index in [0.29, 0.717) is 0 Å². The lowest BCUT2D eigenvalue weighted by molar-refractivity contribution is 0.712. The molecule has 3 nitrogen and oxygen atoms in total. The Morgan fingerprint density at radius 2 is 2.12 bits per heavy atom. The van der Waals surface area contributed by atoms with E-state index in [-0.39, 0.29) is 0 Å². The molecule has 1 heterocycles. The highest BCUT2D eigenvalue weighted by Crippen LogP contribution is 2.28. The molecule has 0 saturated heterocycles. The van der Waals surface area contributed by atoms with Gasteiger partial charge in [0.2, 0.25) is 0 Å². The third-order valence-electron chi connectivity index (χ3n) is 2.74. The maximum Gasteiger partial charge on any atom is 0.0840 e. The first-order valence-electron chi connectivity index (χ1n) is 5.55. The van der Waals surface area contributed by atoms with Crippen molar-refractivity contribution in [3.8, 4) is 11.1 Å². The van der Waals surface area contributed by atoms with Crippen molar-refractivity contribution in [1.82, 2.24) is 15.1 Å². The first-order valence-corrected chi connectivity index (χ1v) is 6.34. The zero-order valence-electron chi connectivity index (χ0n) is 10.3. The molecule has 0 unspecified atom stereocenters. The van der Waals surface area contributed by atoms with Crippen molar-refractivity contribution in [3.05, 3.63) is 40.1 Å². The molecule has 1 aromatic heterocycles. The summed E-state index contributed by atoms with van der Waals surface area (Å²) in [5.74, 6) is 0. The fourth-order valence-corrected chi connectivity index (χ4v) is 2.30. The standard InChI is InChI=1S/C13H16BrN3/c1-9-4-5-10(14)6-11(9)12-8-17(3)16-13(12)7-15-2/h4-6,8,15H,7H2,1-3H3. The van der Waals surface area contributed by atoms with Gasteiger partial charge in [0.1, 0.15) is 0 Å². The van der Waals surface area contributed by atoms with E-state index in [2.05, 4.69) is 57.7 Å². The molecule has 1 aromatic carbocycles. The molecule has 0 radical (unpaired) electrons. The summed E-state index contributed by atoms with van der Waals surface area (Å²) < 4.78 is 2.96. The summed E-state index contributed by atoms with van der Waals surface area (Å²) in [6.07, 6.45) is 2.07. The minimum atomic E-state index is 0.780. The number of rotatable bonds is 3. The predicted octanol–water partition coefficient (Wildman–Crippen LogP) is 2.88. The Kier molecular flexibility index (Phi) is 3.64. The van der Waals surface area contributed by atoms with Crippen LogP contribution in [0.5, 0.6) is 0 Å². The highest BCUT2D eigenvalue weighted by Gasteiger charge is 2.11. The van der Waals surface area contributed by atoms with Crippen LogP contribution < -0.4 is 5.32 Å². The molecule has 0 saturated carbocycles. The lowest BCUT2D eigenvalue weighted by atomic mass is 10.0. The van der Waals surface area contributed by atoms with E-state index in [4.69, 9.17) is 0 Å². The van der Waals surface area contributed by atoms with Crippen molar-refractivity contribution in [2.24, 2.45) is 7.05 Å². The van der Waals surface area contributed by atoms with Gasteiger partial charge in [-0.25, -0.2) is 0 Å². The molecule has 17 heavy (non-hydrogen) atoms. The topological polar surface area (TPSA) is 29.9 Å². The summed E-state index contributed by atoms with van der Waals surface area (Å²) in [6.45, 7) is 2.90. The summed E-state index contributed by atoms with van der Waals surface area (Å²) in [4.78, 5) is 0. The van der Waals surface area contributed by atoms with Gasteiger partial charge in [-0.3, -0.25) is 4.68 Å². The number of hydrogen-bond acceptors (Lipinski definition) is 2. The van der Waals surface area contributed by atoms with E-state index < -0.39 is 0 Å². The average Bonchev–Trinajstić information content (AvgIpc) is 2.64. The van der Waals surface area contributed by atoms with E-state index in [1.54, 1.807) is 0 Å². The number of hydrogen-bond donors (Lipinski definition) is 1. The molecule has 0 aliphatic carbocycles. The maximum absolute atomic E-state index is 4.49. The van der Waals surface area contributed by atoms with Gasteiger partial charge in [-0.1, -0.05) is 22.0 Å². The Morgan fingerprint density at radius 3 is 2.82 bits per heavy atom. The van der Waals surface area contributed by atoms with Crippen LogP contribution in [0, 0.1) is 6.92 Å². The largest absolute Gasteiger partial charge is 0.314 e. The molecule has 0 amide bonds. The third kappa shape index (κ3) is 2.58. The van der Waals surface area contributed by atoms with E-state index in [9.17, 15) is 0 Å². The van der Waals surface area contributed by atoms with E-state index in [1.807, 2.05) is 18.8 Å². The molecule has 0 fully saturated rings. The summed E-state index contributed by atoms with van der Waals surface area (Å²) in [5.41, 5.74) is 4.77. The van der Waals surface area contributed by atoms with Gasteiger partial charge in [0.15, 0.2) is 0 Å². The lowest BCUT2D eigenvalue weighted by Gasteiger charge is -2.06. The number of nitrogens with zero attached hydrogens (tertiary/aromatic N) is 2. The van der Waals surface area contributed by atoms with Crippen molar-refractivity contribution in [1.29, 1.82) is 0 Å². The van der Waals surface area contributed by atoms with Crippen LogP contribution in [0.1, 0.15) is 11.3 Å². The smallest absolute Gasteiger partial charge is 0.0840 e. The molecule has 2 aromatic rings. The van der Waals surface area contributed by atoms with Crippen LogP contribution in [0.15, 0.2) is 28.9 Å². The Hall–Kier alpha value is -1.13. The molecule has 0 bridgehead atoms. The summed E-state index contributed by atoms with van der Waals surface area (Å²) in [6, 6.07) is 6.33. The highest BCUT2D eigenvalue weighted by atomic mass is 79.9. The van der Waals surface area contributed by atoms with Gasteiger partial charge in [0.05, 0.1) is 5.69 Å². The molecule has 2 rings (SSSR count). The van der Waals surface area contributed by atoms with Crippen LogP contribution in [-0.4, -0.2) is 16.8 Å². The third-order valence-corrected chi connectivity index (χ3v) is 3.23. The van der Waals surface area contributed by atoms with Crippen LogP contribution >= 0.6 is 15.9 Å². The molecule has 0 spiro atoms. The average molecular weight is 294 g/mol. The Bertz CT molecular complexity index is 531. The fourth-order valence-electron chi connectivity index (χ4n) is 1.94. The number of halogens is 1. The highest BCUT2D eigenvalue weighted by molar-refractivity contribution is 9.10. The van der Waals surface area contributed by atoms with Crippen LogP contribution in [0.2, 0.25) is 0 Å².